The Kier molecular flexibility index (Phi) is 1.76. The fraction of sp³-hybridized carbons (Fsp3) is 0.333. The first-order chi connectivity index (χ1) is 7.75. The number of hydrogen-bond donors (Lipinski definition) is 0. The molecule has 1 saturated carbocycles. The van der Waals surface area contributed by atoms with Crippen molar-refractivity contribution in [1.29, 1.82) is 0 Å². The standard InChI is InChI=1S/C12H11N3O/c1-15-11-3-2-10(6-9(11)7-14-15)12(4-5-12)13-8-16/h2-3,6-7H,4-5H2,1H3. The quantitative estimate of drug-likeness (QED) is 0.565. The van der Waals surface area contributed by atoms with Crippen molar-refractivity contribution in [3.63, 3.8) is 0 Å². The first kappa shape index (κ1) is 9.31. The number of fused-ring (bicyclic) bond motifs is 1. The van der Waals surface area contributed by atoms with Crippen LogP contribution in [0.4, 0.5) is 0 Å². The number of aromatic nitrogens is 2. The molecule has 2 aromatic rings. The van der Waals surface area contributed by atoms with E-state index in [1.54, 1.807) is 6.08 Å². The van der Waals surface area contributed by atoms with Crippen LogP contribution in [0.5, 0.6) is 0 Å². The number of rotatable bonds is 2. The second-order valence-electron chi connectivity index (χ2n) is 4.28. The predicted molar refractivity (Wildman–Crippen MR) is 59.7 cm³/mol. The van der Waals surface area contributed by atoms with E-state index in [2.05, 4.69) is 16.2 Å². The highest BCUT2D eigenvalue weighted by Crippen LogP contribution is 2.49. The van der Waals surface area contributed by atoms with Gasteiger partial charge in [-0.05, 0) is 30.5 Å². The monoisotopic (exact) mass is 213 g/mol. The Morgan fingerprint density at radius 2 is 2.31 bits per heavy atom. The summed E-state index contributed by atoms with van der Waals surface area (Å²) in [5.41, 5.74) is 1.90. The van der Waals surface area contributed by atoms with E-state index in [9.17, 15) is 4.79 Å². The maximum atomic E-state index is 10.4. The van der Waals surface area contributed by atoms with E-state index >= 15 is 0 Å². The van der Waals surface area contributed by atoms with Crippen LogP contribution < -0.4 is 0 Å². The van der Waals surface area contributed by atoms with Crippen molar-refractivity contribution in [3.8, 4) is 0 Å². The van der Waals surface area contributed by atoms with Gasteiger partial charge in [-0.25, -0.2) is 4.79 Å². The second kappa shape index (κ2) is 3.03. The van der Waals surface area contributed by atoms with E-state index < -0.39 is 0 Å². The Balaban J connectivity index is 2.16. The van der Waals surface area contributed by atoms with E-state index in [-0.39, 0.29) is 5.54 Å². The molecule has 4 heteroatoms. The van der Waals surface area contributed by atoms with Gasteiger partial charge in [0, 0.05) is 12.4 Å². The summed E-state index contributed by atoms with van der Waals surface area (Å²) in [4.78, 5) is 14.3. The minimum Gasteiger partial charge on any atom is -0.268 e. The molecule has 0 aliphatic heterocycles. The van der Waals surface area contributed by atoms with Crippen LogP contribution in [0, 0.1) is 0 Å². The van der Waals surface area contributed by atoms with Gasteiger partial charge in [-0.3, -0.25) is 4.68 Å². The fourth-order valence-corrected chi connectivity index (χ4v) is 2.12. The van der Waals surface area contributed by atoms with Crippen molar-refractivity contribution in [3.05, 3.63) is 30.0 Å². The van der Waals surface area contributed by atoms with Crippen molar-refractivity contribution in [2.24, 2.45) is 12.0 Å². The minimum absolute atomic E-state index is 0.286. The number of hydrogen-bond acceptors (Lipinski definition) is 3. The lowest BCUT2D eigenvalue weighted by molar-refractivity contribution is 0.556. The molecular formula is C12H11N3O. The van der Waals surface area contributed by atoms with Gasteiger partial charge in [0.1, 0.15) is 0 Å². The van der Waals surface area contributed by atoms with Crippen LogP contribution in [0.25, 0.3) is 10.9 Å². The second-order valence-corrected chi connectivity index (χ2v) is 4.28. The van der Waals surface area contributed by atoms with E-state index in [1.807, 2.05) is 30.1 Å². The van der Waals surface area contributed by atoms with Crippen molar-refractivity contribution < 1.29 is 4.79 Å². The molecule has 3 rings (SSSR count). The van der Waals surface area contributed by atoms with Gasteiger partial charge in [-0.1, -0.05) is 6.07 Å². The van der Waals surface area contributed by atoms with Crippen molar-refractivity contribution in [1.82, 2.24) is 9.78 Å². The van der Waals surface area contributed by atoms with Crippen LogP contribution in [0.3, 0.4) is 0 Å². The van der Waals surface area contributed by atoms with Crippen LogP contribution in [0.1, 0.15) is 18.4 Å². The molecule has 1 heterocycles. The molecule has 0 atom stereocenters. The lowest BCUT2D eigenvalue weighted by atomic mass is 10.0. The molecule has 0 N–H and O–H groups in total. The molecule has 80 valence electrons. The van der Waals surface area contributed by atoms with Gasteiger partial charge in [-0.15, -0.1) is 0 Å². The third-order valence-electron chi connectivity index (χ3n) is 3.27. The molecule has 0 radical (unpaired) electrons. The molecule has 1 aromatic carbocycles. The summed E-state index contributed by atoms with van der Waals surface area (Å²) in [6, 6.07) is 6.12. The Labute approximate surface area is 92.6 Å². The molecule has 0 spiro atoms. The number of isocyanates is 1. The van der Waals surface area contributed by atoms with Crippen LogP contribution >= 0.6 is 0 Å². The Morgan fingerprint density at radius 3 is 3.00 bits per heavy atom. The topological polar surface area (TPSA) is 47.2 Å². The maximum Gasteiger partial charge on any atom is 0.235 e. The van der Waals surface area contributed by atoms with Gasteiger partial charge in [-0.2, -0.15) is 10.1 Å². The molecule has 0 saturated heterocycles. The van der Waals surface area contributed by atoms with Gasteiger partial charge >= 0.3 is 0 Å². The third-order valence-corrected chi connectivity index (χ3v) is 3.27. The number of aliphatic imine (C=N–C) groups is 1. The molecule has 16 heavy (non-hydrogen) atoms. The van der Waals surface area contributed by atoms with Crippen molar-refractivity contribution >= 4 is 17.0 Å². The number of aryl methyl sites for hydroxylation is 1. The SMILES string of the molecule is Cn1ncc2cc(C3(N=C=O)CC3)ccc21. The lowest BCUT2D eigenvalue weighted by Crippen LogP contribution is -2.01. The van der Waals surface area contributed by atoms with Gasteiger partial charge in [0.2, 0.25) is 6.08 Å². The normalized spacial score (nSPS) is 17.1. The molecule has 1 fully saturated rings. The summed E-state index contributed by atoms with van der Waals surface area (Å²) < 4.78 is 1.83. The maximum absolute atomic E-state index is 10.4. The van der Waals surface area contributed by atoms with Crippen molar-refractivity contribution in [2.75, 3.05) is 0 Å². The smallest absolute Gasteiger partial charge is 0.235 e. The Bertz CT molecular complexity index is 604. The molecule has 1 aliphatic rings. The molecule has 0 amide bonds. The van der Waals surface area contributed by atoms with Crippen molar-refractivity contribution in [2.45, 2.75) is 18.4 Å². The van der Waals surface area contributed by atoms with Crippen LogP contribution in [-0.2, 0) is 17.4 Å². The fourth-order valence-electron chi connectivity index (χ4n) is 2.12. The molecule has 4 nitrogen and oxygen atoms in total. The molecular weight excluding hydrogens is 202 g/mol. The van der Waals surface area contributed by atoms with Gasteiger partial charge in [0.15, 0.2) is 0 Å². The Morgan fingerprint density at radius 1 is 1.50 bits per heavy atom. The first-order valence-electron chi connectivity index (χ1n) is 5.26. The summed E-state index contributed by atoms with van der Waals surface area (Å²) in [6.45, 7) is 0. The summed E-state index contributed by atoms with van der Waals surface area (Å²) in [5.74, 6) is 0. The van der Waals surface area contributed by atoms with E-state index in [4.69, 9.17) is 0 Å². The largest absolute Gasteiger partial charge is 0.268 e. The van der Waals surface area contributed by atoms with E-state index in [0.29, 0.717) is 0 Å². The minimum atomic E-state index is -0.286. The zero-order valence-electron chi connectivity index (χ0n) is 8.97. The van der Waals surface area contributed by atoms with Crippen LogP contribution in [-0.4, -0.2) is 15.9 Å². The predicted octanol–water partition coefficient (Wildman–Crippen LogP) is 1.90. The highest BCUT2D eigenvalue weighted by molar-refractivity contribution is 5.79. The summed E-state index contributed by atoms with van der Waals surface area (Å²) in [6.07, 6.45) is 5.39. The summed E-state index contributed by atoms with van der Waals surface area (Å²) in [5, 5.41) is 5.28. The summed E-state index contributed by atoms with van der Waals surface area (Å²) >= 11 is 0. The zero-order chi connectivity index (χ0) is 11.2. The average Bonchev–Trinajstić information content (AvgIpc) is 2.99. The number of nitrogens with zero attached hydrogens (tertiary/aromatic N) is 3. The molecule has 0 unspecified atom stereocenters. The summed E-state index contributed by atoms with van der Waals surface area (Å²) in [7, 11) is 1.92. The van der Waals surface area contributed by atoms with Gasteiger partial charge < -0.3 is 0 Å². The highest BCUT2D eigenvalue weighted by Gasteiger charge is 2.44. The van der Waals surface area contributed by atoms with Crippen LogP contribution in [0.15, 0.2) is 29.4 Å². The van der Waals surface area contributed by atoms with E-state index in [0.717, 1.165) is 29.3 Å². The zero-order valence-corrected chi connectivity index (χ0v) is 8.97. The Hall–Kier alpha value is -1.93. The molecule has 0 bridgehead atoms. The van der Waals surface area contributed by atoms with E-state index in [1.165, 1.54) is 0 Å². The lowest BCUT2D eigenvalue weighted by Gasteiger charge is -2.07. The van der Waals surface area contributed by atoms with Crippen LogP contribution in [0.2, 0.25) is 0 Å². The molecule has 1 aromatic heterocycles. The highest BCUT2D eigenvalue weighted by atomic mass is 16.1. The third kappa shape index (κ3) is 1.20. The number of benzene rings is 1. The first-order valence-corrected chi connectivity index (χ1v) is 5.26. The van der Waals surface area contributed by atoms with Gasteiger partial charge in [0.25, 0.3) is 0 Å². The average molecular weight is 213 g/mol. The molecule has 1 aliphatic carbocycles. The van der Waals surface area contributed by atoms with Gasteiger partial charge in [0.05, 0.1) is 17.3 Å². The number of carbonyl (C=O) groups excluding carboxylic acids is 1.